The lowest BCUT2D eigenvalue weighted by atomic mass is 10.1. The van der Waals surface area contributed by atoms with Crippen molar-refractivity contribution in [3.63, 3.8) is 0 Å². The van der Waals surface area contributed by atoms with Gasteiger partial charge >= 0.3 is 0 Å². The second kappa shape index (κ2) is 7.02. The Hall–Kier alpha value is -3.73. The molecule has 4 nitrogen and oxygen atoms in total. The number of halogens is 1. The molecule has 0 saturated carbocycles. The zero-order valence-electron chi connectivity index (χ0n) is 15.8. The molecule has 5 aromatic rings. The van der Waals surface area contributed by atoms with Crippen molar-refractivity contribution in [2.45, 2.75) is 6.92 Å². The molecule has 142 valence electrons. The average molecular weight is 383 g/mol. The molecule has 0 bridgehead atoms. The lowest BCUT2D eigenvalue weighted by Gasteiger charge is -2.05. The Morgan fingerprint density at radius 2 is 1.72 bits per heavy atom. The highest BCUT2D eigenvalue weighted by molar-refractivity contribution is 6.08. The molecule has 3 aromatic carbocycles. The van der Waals surface area contributed by atoms with E-state index in [-0.39, 0.29) is 5.82 Å². The quantitative estimate of drug-likeness (QED) is 0.395. The summed E-state index contributed by atoms with van der Waals surface area (Å²) in [6.45, 7) is 2.57. The maximum Gasteiger partial charge on any atom is 0.124 e. The van der Waals surface area contributed by atoms with Gasteiger partial charge < -0.3 is 4.74 Å². The number of pyridine rings is 1. The Bertz CT molecular complexity index is 1310. The third-order valence-corrected chi connectivity index (χ3v) is 4.91. The molecule has 0 atom stereocenters. The van der Waals surface area contributed by atoms with Crippen LogP contribution in [0, 0.1) is 5.82 Å². The fourth-order valence-electron chi connectivity index (χ4n) is 3.60. The predicted octanol–water partition coefficient (Wildman–Crippen LogP) is 5.78. The molecule has 0 fully saturated rings. The van der Waals surface area contributed by atoms with Crippen LogP contribution in [0.1, 0.15) is 6.92 Å². The molecule has 2 heterocycles. The van der Waals surface area contributed by atoms with E-state index in [1.165, 1.54) is 12.1 Å². The summed E-state index contributed by atoms with van der Waals surface area (Å²) in [5, 5.41) is 6.50. The first-order valence-electron chi connectivity index (χ1n) is 9.50. The van der Waals surface area contributed by atoms with E-state index in [0.717, 1.165) is 44.5 Å². The Morgan fingerprint density at radius 3 is 2.48 bits per heavy atom. The van der Waals surface area contributed by atoms with Crippen LogP contribution in [0.25, 0.3) is 38.8 Å². The summed E-state index contributed by atoms with van der Waals surface area (Å²) in [4.78, 5) is 4.55. The summed E-state index contributed by atoms with van der Waals surface area (Å²) in [7, 11) is 0. The molecule has 0 amide bonds. The van der Waals surface area contributed by atoms with Gasteiger partial charge in [0.1, 0.15) is 17.3 Å². The van der Waals surface area contributed by atoms with Gasteiger partial charge in [0, 0.05) is 22.5 Å². The van der Waals surface area contributed by atoms with E-state index in [2.05, 4.69) is 4.98 Å². The van der Waals surface area contributed by atoms with Crippen LogP contribution < -0.4 is 4.74 Å². The second-order valence-electron chi connectivity index (χ2n) is 6.74. The van der Waals surface area contributed by atoms with Crippen LogP contribution in [0.15, 0.2) is 79.0 Å². The molecule has 0 saturated heterocycles. The number of fused-ring (bicyclic) bond motifs is 3. The summed E-state index contributed by atoms with van der Waals surface area (Å²) in [5.41, 5.74) is 4.22. The molecule has 0 aliphatic rings. The molecule has 0 N–H and O–H groups in total. The summed E-state index contributed by atoms with van der Waals surface area (Å²) in [6.07, 6.45) is 1.81. The lowest BCUT2D eigenvalue weighted by molar-refractivity contribution is 0.340. The van der Waals surface area contributed by atoms with Gasteiger partial charge in [-0.3, -0.25) is 4.98 Å². The topological polar surface area (TPSA) is 39.9 Å². The number of ether oxygens (including phenoxy) is 1. The molecular weight excluding hydrogens is 365 g/mol. The summed E-state index contributed by atoms with van der Waals surface area (Å²) >= 11 is 0. The maximum absolute atomic E-state index is 14.1. The van der Waals surface area contributed by atoms with Crippen molar-refractivity contribution in [3.05, 3.63) is 84.8 Å². The largest absolute Gasteiger partial charge is 0.494 e. The van der Waals surface area contributed by atoms with E-state index in [4.69, 9.17) is 9.84 Å². The first-order valence-corrected chi connectivity index (χ1v) is 9.50. The van der Waals surface area contributed by atoms with Gasteiger partial charge in [-0.1, -0.05) is 18.2 Å². The van der Waals surface area contributed by atoms with Crippen LogP contribution in [0.3, 0.4) is 0 Å². The van der Waals surface area contributed by atoms with Gasteiger partial charge in [0.05, 0.1) is 23.3 Å². The fraction of sp³-hybridized carbons (Fsp3) is 0.0833. The molecule has 0 aliphatic carbocycles. The van der Waals surface area contributed by atoms with Crippen LogP contribution in [0.4, 0.5) is 4.39 Å². The van der Waals surface area contributed by atoms with Crippen molar-refractivity contribution < 1.29 is 9.13 Å². The number of hydrogen-bond donors (Lipinski definition) is 0. The molecular formula is C24H18FN3O. The smallest absolute Gasteiger partial charge is 0.124 e. The molecule has 0 radical (unpaired) electrons. The van der Waals surface area contributed by atoms with Gasteiger partial charge in [0.15, 0.2) is 0 Å². The second-order valence-corrected chi connectivity index (χ2v) is 6.74. The standard InChI is InChI=1S/C24H18FN3O/c1-2-29-19-11-8-16(9-12-19)23-21-15-26-22-13-10-17(25)14-20(22)24(21)28(27-23)18-6-4-3-5-7-18/h3-15H,2H2,1H3. The third-order valence-electron chi connectivity index (χ3n) is 4.91. The molecule has 0 aliphatic heterocycles. The first kappa shape index (κ1) is 17.4. The molecule has 0 spiro atoms. The average Bonchev–Trinajstić information content (AvgIpc) is 3.15. The minimum absolute atomic E-state index is 0.296. The monoisotopic (exact) mass is 383 g/mol. The lowest BCUT2D eigenvalue weighted by Crippen LogP contribution is -1.97. The number of aromatic nitrogens is 3. The van der Waals surface area contributed by atoms with Gasteiger partial charge in [-0.15, -0.1) is 0 Å². The molecule has 5 heteroatoms. The zero-order valence-corrected chi connectivity index (χ0v) is 15.8. The summed E-state index contributed by atoms with van der Waals surface area (Å²) in [6, 6.07) is 22.3. The van der Waals surface area contributed by atoms with Crippen LogP contribution in [0.5, 0.6) is 5.75 Å². The van der Waals surface area contributed by atoms with Crippen LogP contribution in [-0.4, -0.2) is 21.4 Å². The van der Waals surface area contributed by atoms with Crippen molar-refractivity contribution in [2.75, 3.05) is 6.61 Å². The predicted molar refractivity (Wildman–Crippen MR) is 113 cm³/mol. The van der Waals surface area contributed by atoms with Crippen LogP contribution in [0.2, 0.25) is 0 Å². The molecule has 2 aromatic heterocycles. The number of hydrogen-bond acceptors (Lipinski definition) is 3. The molecule has 29 heavy (non-hydrogen) atoms. The first-order chi connectivity index (χ1) is 14.2. The van der Waals surface area contributed by atoms with E-state index < -0.39 is 0 Å². The van der Waals surface area contributed by atoms with Crippen molar-refractivity contribution in [1.82, 2.24) is 14.8 Å². The van der Waals surface area contributed by atoms with Gasteiger partial charge in [-0.2, -0.15) is 5.10 Å². The summed E-state index contributed by atoms with van der Waals surface area (Å²) in [5.74, 6) is 0.518. The molecule has 0 unspecified atom stereocenters. The van der Waals surface area contributed by atoms with E-state index >= 15 is 0 Å². The van der Waals surface area contributed by atoms with Gasteiger partial charge in [0.2, 0.25) is 0 Å². The normalized spacial score (nSPS) is 11.2. The number of para-hydroxylation sites is 1. The van der Waals surface area contributed by atoms with Gasteiger partial charge in [-0.25, -0.2) is 9.07 Å². The van der Waals surface area contributed by atoms with E-state index in [1.807, 2.05) is 72.4 Å². The van der Waals surface area contributed by atoms with Crippen molar-refractivity contribution >= 4 is 21.8 Å². The third kappa shape index (κ3) is 3.01. The van der Waals surface area contributed by atoms with E-state index in [0.29, 0.717) is 6.61 Å². The van der Waals surface area contributed by atoms with Crippen molar-refractivity contribution in [3.8, 4) is 22.7 Å². The van der Waals surface area contributed by atoms with Crippen molar-refractivity contribution in [1.29, 1.82) is 0 Å². The Labute approximate surface area is 167 Å². The minimum atomic E-state index is -0.296. The van der Waals surface area contributed by atoms with Gasteiger partial charge in [-0.05, 0) is 61.5 Å². The Morgan fingerprint density at radius 1 is 0.931 bits per heavy atom. The maximum atomic E-state index is 14.1. The number of benzene rings is 3. The Kier molecular flexibility index (Phi) is 4.21. The fourth-order valence-corrected chi connectivity index (χ4v) is 3.60. The number of nitrogens with zero attached hydrogens (tertiary/aromatic N) is 3. The van der Waals surface area contributed by atoms with Crippen LogP contribution in [-0.2, 0) is 0 Å². The molecule has 5 rings (SSSR count). The van der Waals surface area contributed by atoms with E-state index in [1.54, 1.807) is 6.07 Å². The van der Waals surface area contributed by atoms with E-state index in [9.17, 15) is 4.39 Å². The number of rotatable bonds is 4. The highest BCUT2D eigenvalue weighted by atomic mass is 19.1. The highest BCUT2D eigenvalue weighted by Crippen LogP contribution is 2.34. The summed E-state index contributed by atoms with van der Waals surface area (Å²) < 4.78 is 21.5. The minimum Gasteiger partial charge on any atom is -0.494 e. The Balaban J connectivity index is 1.81. The zero-order chi connectivity index (χ0) is 19.8. The van der Waals surface area contributed by atoms with Crippen molar-refractivity contribution in [2.24, 2.45) is 0 Å². The van der Waals surface area contributed by atoms with Gasteiger partial charge in [0.25, 0.3) is 0 Å². The van der Waals surface area contributed by atoms with Crippen LogP contribution >= 0.6 is 0 Å². The SMILES string of the molecule is CCOc1ccc(-c2nn(-c3ccccc3)c3c2cnc2ccc(F)cc23)cc1. The highest BCUT2D eigenvalue weighted by Gasteiger charge is 2.17.